The van der Waals surface area contributed by atoms with Gasteiger partial charge in [0, 0.05) is 25.0 Å². The number of hydrogen-bond acceptors (Lipinski definition) is 6. The summed E-state index contributed by atoms with van der Waals surface area (Å²) in [6, 6.07) is 19.3. The maximum atomic E-state index is 14.6. The van der Waals surface area contributed by atoms with Crippen LogP contribution in [0.2, 0.25) is 18.1 Å². The van der Waals surface area contributed by atoms with Gasteiger partial charge in [0.2, 0.25) is 11.8 Å². The highest BCUT2D eigenvalue weighted by Crippen LogP contribution is 2.39. The monoisotopic (exact) mass is 763 g/mol. The number of alkyl carbamates (subject to hydrolysis) is 1. The molecular formula is C44H70N4O5Si. The lowest BCUT2D eigenvalue weighted by molar-refractivity contribution is -0.139. The number of nitrogens with one attached hydrogen (secondary N) is 3. The Morgan fingerprint density at radius 3 is 2.04 bits per heavy atom. The smallest absolute Gasteiger partial charge is 0.407 e. The van der Waals surface area contributed by atoms with Crippen molar-refractivity contribution in [3.63, 3.8) is 0 Å². The van der Waals surface area contributed by atoms with Crippen LogP contribution in [-0.4, -0.2) is 80.6 Å². The largest absolute Gasteiger partial charge is 0.444 e. The first-order chi connectivity index (χ1) is 25.3. The molecule has 1 aliphatic heterocycles. The first-order valence-corrected chi connectivity index (χ1v) is 23.0. The van der Waals surface area contributed by atoms with Crippen LogP contribution in [-0.2, 0) is 25.2 Å². The highest BCUT2D eigenvalue weighted by atomic mass is 28.4. The van der Waals surface area contributed by atoms with Crippen molar-refractivity contribution < 1.29 is 23.5 Å². The Hall–Kier alpha value is -3.47. The summed E-state index contributed by atoms with van der Waals surface area (Å²) in [6.07, 6.45) is 6.05. The number of rotatable bonds is 17. The molecular weight excluding hydrogens is 693 g/mol. The van der Waals surface area contributed by atoms with Crippen molar-refractivity contribution in [1.29, 1.82) is 0 Å². The van der Waals surface area contributed by atoms with Crippen LogP contribution in [0, 0.1) is 11.8 Å². The lowest BCUT2D eigenvalue weighted by atomic mass is 9.89. The van der Waals surface area contributed by atoms with Crippen LogP contribution in [0.15, 0.2) is 66.7 Å². The van der Waals surface area contributed by atoms with Crippen LogP contribution in [0.4, 0.5) is 4.79 Å². The molecule has 1 aliphatic rings. The zero-order valence-corrected chi connectivity index (χ0v) is 36.0. The normalized spacial score (nSPS) is 16.9. The van der Waals surface area contributed by atoms with Gasteiger partial charge in [0.05, 0.1) is 12.1 Å². The quantitative estimate of drug-likeness (QED) is 0.140. The van der Waals surface area contributed by atoms with Crippen LogP contribution in [0.1, 0.15) is 99.1 Å². The molecule has 0 aromatic heterocycles. The van der Waals surface area contributed by atoms with Gasteiger partial charge in [-0.2, -0.15) is 0 Å². The van der Waals surface area contributed by atoms with Gasteiger partial charge in [0.25, 0.3) is 0 Å². The average molecular weight is 763 g/mol. The Bertz CT molecular complexity index is 1480. The summed E-state index contributed by atoms with van der Waals surface area (Å²) in [6.45, 7) is 24.8. The van der Waals surface area contributed by atoms with Gasteiger partial charge in [-0.3, -0.25) is 9.59 Å². The van der Waals surface area contributed by atoms with Gasteiger partial charge in [0.15, 0.2) is 8.32 Å². The van der Waals surface area contributed by atoms with Gasteiger partial charge in [0.1, 0.15) is 11.6 Å². The van der Waals surface area contributed by atoms with E-state index < -0.39 is 44.1 Å². The first kappa shape index (κ1) is 44.9. The minimum Gasteiger partial charge on any atom is -0.444 e. The number of nitrogens with zero attached hydrogens (tertiary/aromatic N) is 1. The van der Waals surface area contributed by atoms with E-state index in [0.29, 0.717) is 38.4 Å². The predicted octanol–water partition coefficient (Wildman–Crippen LogP) is 8.36. The minimum atomic E-state index is -2.44. The minimum absolute atomic E-state index is 0.0329. The topological polar surface area (TPSA) is 109 Å². The third-order valence-electron chi connectivity index (χ3n) is 10.6. The number of allylic oxidation sites excluding steroid dienone is 1. The second-order valence-corrected chi connectivity index (χ2v) is 22.5. The molecule has 3 N–H and O–H groups in total. The van der Waals surface area contributed by atoms with E-state index >= 15 is 0 Å². The molecule has 0 radical (unpaired) electrons. The van der Waals surface area contributed by atoms with E-state index in [4.69, 9.17) is 9.16 Å². The number of piperidine rings is 1. The zero-order valence-electron chi connectivity index (χ0n) is 35.0. The first-order valence-electron chi connectivity index (χ1n) is 20.0. The lowest BCUT2D eigenvalue weighted by Gasteiger charge is -2.42. The van der Waals surface area contributed by atoms with Gasteiger partial charge >= 0.3 is 6.09 Å². The maximum absolute atomic E-state index is 14.6. The fourth-order valence-corrected chi connectivity index (χ4v) is 7.92. The van der Waals surface area contributed by atoms with E-state index in [2.05, 4.69) is 56.7 Å². The standard InChI is InChI=1S/C44H70N4O5Si/c1-12-45-36-26-28-48(29-27-36)41(50)39(32(2)3)47-40(49)35(25-19-24-33-20-15-13-16-21-33)31-38(53-54(10,11)44(7,8)9)37(30-34-22-17-14-18-23-34)46-42(51)52-43(4,5)6/h13-24,32,35-39,45H,12,25-31H2,1-11H3,(H,46,51)(H,47,49)/t35-,37+,38+,39+/m1/s1. The zero-order chi connectivity index (χ0) is 40.1. The van der Waals surface area contributed by atoms with Crippen LogP contribution < -0.4 is 16.0 Å². The van der Waals surface area contributed by atoms with Gasteiger partial charge in [-0.15, -0.1) is 0 Å². The number of hydrogen-bond donors (Lipinski definition) is 3. The molecule has 3 rings (SSSR count). The van der Waals surface area contributed by atoms with Crippen molar-refractivity contribution in [3.8, 4) is 0 Å². The van der Waals surface area contributed by atoms with E-state index in [1.54, 1.807) is 0 Å². The summed E-state index contributed by atoms with van der Waals surface area (Å²) in [5.41, 5.74) is 1.38. The van der Waals surface area contributed by atoms with E-state index in [-0.39, 0.29) is 22.8 Å². The van der Waals surface area contributed by atoms with Crippen molar-refractivity contribution >= 4 is 32.3 Å². The molecule has 0 bridgehead atoms. The molecule has 2 aromatic rings. The van der Waals surface area contributed by atoms with Crippen molar-refractivity contribution in [2.24, 2.45) is 11.8 Å². The summed E-state index contributed by atoms with van der Waals surface area (Å²) < 4.78 is 13.0. The van der Waals surface area contributed by atoms with E-state index in [1.165, 1.54) is 0 Å². The lowest BCUT2D eigenvalue weighted by Crippen LogP contribution is -2.56. The molecule has 3 amide bonds. The Kier molecular flexibility index (Phi) is 17.0. The molecule has 1 heterocycles. The molecule has 9 nitrogen and oxygen atoms in total. The van der Waals surface area contributed by atoms with Crippen LogP contribution in [0.3, 0.4) is 0 Å². The van der Waals surface area contributed by atoms with E-state index in [9.17, 15) is 14.4 Å². The van der Waals surface area contributed by atoms with Crippen molar-refractivity contribution in [2.75, 3.05) is 19.6 Å². The Labute approximate surface area is 327 Å². The molecule has 2 aromatic carbocycles. The molecule has 4 atom stereocenters. The molecule has 1 fully saturated rings. The summed E-state index contributed by atoms with van der Waals surface area (Å²) in [5, 5.41) is 9.77. The molecule has 10 heteroatoms. The van der Waals surface area contributed by atoms with Crippen molar-refractivity contribution in [3.05, 3.63) is 77.9 Å². The molecule has 0 aliphatic carbocycles. The summed E-state index contributed by atoms with van der Waals surface area (Å²) in [7, 11) is -2.44. The van der Waals surface area contributed by atoms with E-state index in [1.807, 2.05) is 112 Å². The molecule has 0 unspecified atom stereocenters. The predicted molar refractivity (Wildman–Crippen MR) is 224 cm³/mol. The second-order valence-electron chi connectivity index (χ2n) is 17.7. The maximum Gasteiger partial charge on any atom is 0.407 e. The van der Waals surface area contributed by atoms with Gasteiger partial charge in [-0.05, 0) is 94.6 Å². The number of amides is 3. The molecule has 54 heavy (non-hydrogen) atoms. The average Bonchev–Trinajstić information content (AvgIpc) is 3.09. The fourth-order valence-electron chi connectivity index (χ4n) is 6.55. The number of carbonyl (C=O) groups excluding carboxylic acids is 3. The number of ether oxygens (including phenoxy) is 1. The van der Waals surface area contributed by atoms with Crippen molar-refractivity contribution in [1.82, 2.24) is 20.9 Å². The van der Waals surface area contributed by atoms with Gasteiger partial charge in [-0.1, -0.05) is 114 Å². The fraction of sp³-hybridized carbons (Fsp3) is 0.614. The molecule has 1 saturated heterocycles. The van der Waals surface area contributed by atoms with Crippen LogP contribution in [0.25, 0.3) is 6.08 Å². The van der Waals surface area contributed by atoms with Crippen LogP contribution in [0.5, 0.6) is 0 Å². The SMILES string of the molecule is CCNC1CCN(C(=O)[C@@H](NC(=O)[C@H](CC=Cc2ccccc2)C[C@H](O[Si](C)(C)C(C)(C)C)[C@H](Cc2ccccc2)NC(=O)OC(C)(C)C)C(C)C)CC1. The summed E-state index contributed by atoms with van der Waals surface area (Å²) >= 11 is 0. The van der Waals surface area contributed by atoms with E-state index in [0.717, 1.165) is 30.5 Å². The number of carbonyl (C=O) groups is 3. The number of benzene rings is 2. The second kappa shape index (κ2) is 20.4. The third-order valence-corrected chi connectivity index (χ3v) is 15.2. The molecule has 0 spiro atoms. The Morgan fingerprint density at radius 2 is 1.50 bits per heavy atom. The van der Waals surface area contributed by atoms with Crippen LogP contribution >= 0.6 is 0 Å². The summed E-state index contributed by atoms with van der Waals surface area (Å²) in [5.74, 6) is -0.879. The van der Waals surface area contributed by atoms with Gasteiger partial charge in [-0.25, -0.2) is 4.79 Å². The van der Waals surface area contributed by atoms with Crippen molar-refractivity contribution in [2.45, 2.75) is 142 Å². The molecule has 300 valence electrons. The summed E-state index contributed by atoms with van der Waals surface area (Å²) in [4.78, 5) is 44.0. The Balaban J connectivity index is 2.02. The highest BCUT2D eigenvalue weighted by molar-refractivity contribution is 6.74. The highest BCUT2D eigenvalue weighted by Gasteiger charge is 2.43. The molecule has 0 saturated carbocycles. The third kappa shape index (κ3) is 14.6. The Morgan fingerprint density at radius 1 is 0.907 bits per heavy atom. The van der Waals surface area contributed by atoms with Gasteiger partial charge < -0.3 is 30.0 Å². The number of likely N-dealkylation sites (tertiary alicyclic amines) is 1.